The molecule has 4 nitrogen and oxygen atoms in total. The maximum Gasteiger partial charge on any atom is 0.223 e. The Morgan fingerprint density at radius 3 is 2.35 bits per heavy atom. The van der Waals surface area contributed by atoms with Crippen LogP contribution in [0.3, 0.4) is 0 Å². The molecule has 108 valence electrons. The summed E-state index contributed by atoms with van der Waals surface area (Å²) >= 11 is 0. The Bertz CT molecular complexity index is 501. The molecule has 0 aliphatic heterocycles. The molecule has 0 saturated heterocycles. The third kappa shape index (κ3) is 3.59. The normalized spacial score (nSPS) is 13.9. The Hall–Kier alpha value is -1.84. The average Bonchev–Trinajstić information content (AvgIpc) is 3.16. The van der Waals surface area contributed by atoms with E-state index < -0.39 is 0 Å². The van der Waals surface area contributed by atoms with Crippen LogP contribution >= 0.6 is 0 Å². The highest BCUT2D eigenvalue weighted by Crippen LogP contribution is 2.25. The smallest absolute Gasteiger partial charge is 0.223 e. The zero-order valence-corrected chi connectivity index (χ0v) is 12.4. The monoisotopic (exact) mass is 274 g/mol. The molecule has 0 radical (unpaired) electrons. The van der Waals surface area contributed by atoms with Crippen LogP contribution in [0, 0.1) is 13.8 Å². The van der Waals surface area contributed by atoms with Gasteiger partial charge in [0.25, 0.3) is 0 Å². The topological polar surface area (TPSA) is 49.4 Å². The van der Waals surface area contributed by atoms with Gasteiger partial charge in [-0.15, -0.1) is 0 Å². The first-order valence-corrected chi connectivity index (χ1v) is 7.12. The number of amides is 2. The van der Waals surface area contributed by atoms with Crippen molar-refractivity contribution in [2.75, 3.05) is 11.4 Å². The standard InChI is InChI=1S/C16H22N2O2/c1-11-5-4-6-12(2)16(11)18(13(3)19)10-9-15(20)17-14-7-8-14/h4-6,14H,7-10H2,1-3H3,(H,17,20). The van der Waals surface area contributed by atoms with Crippen molar-refractivity contribution in [3.63, 3.8) is 0 Å². The molecule has 4 heteroatoms. The van der Waals surface area contributed by atoms with E-state index in [0.29, 0.717) is 19.0 Å². The van der Waals surface area contributed by atoms with E-state index in [1.165, 1.54) is 0 Å². The molecule has 1 saturated carbocycles. The Morgan fingerprint density at radius 2 is 1.85 bits per heavy atom. The number of aryl methyl sites for hydroxylation is 2. The minimum atomic E-state index is -0.0263. The summed E-state index contributed by atoms with van der Waals surface area (Å²) in [6, 6.07) is 6.32. The first-order valence-electron chi connectivity index (χ1n) is 7.12. The molecule has 0 spiro atoms. The van der Waals surface area contributed by atoms with Crippen LogP contribution < -0.4 is 10.2 Å². The summed E-state index contributed by atoms with van der Waals surface area (Å²) in [6.07, 6.45) is 2.52. The van der Waals surface area contributed by atoms with E-state index in [4.69, 9.17) is 0 Å². The van der Waals surface area contributed by atoms with Crippen LogP contribution in [-0.4, -0.2) is 24.4 Å². The highest BCUT2D eigenvalue weighted by atomic mass is 16.2. The predicted molar refractivity (Wildman–Crippen MR) is 79.7 cm³/mol. The number of anilines is 1. The van der Waals surface area contributed by atoms with Gasteiger partial charge in [0.05, 0.1) is 0 Å². The molecule has 20 heavy (non-hydrogen) atoms. The zero-order valence-electron chi connectivity index (χ0n) is 12.4. The lowest BCUT2D eigenvalue weighted by Gasteiger charge is -2.25. The molecule has 2 rings (SSSR count). The second-order valence-electron chi connectivity index (χ2n) is 5.50. The van der Waals surface area contributed by atoms with Gasteiger partial charge in [-0.2, -0.15) is 0 Å². The largest absolute Gasteiger partial charge is 0.353 e. The molecule has 2 amide bonds. The summed E-state index contributed by atoms with van der Waals surface area (Å²) in [5, 5.41) is 2.95. The van der Waals surface area contributed by atoms with Crippen molar-refractivity contribution in [2.24, 2.45) is 0 Å². The second-order valence-corrected chi connectivity index (χ2v) is 5.50. The van der Waals surface area contributed by atoms with Gasteiger partial charge in [0.15, 0.2) is 0 Å². The molecule has 0 unspecified atom stereocenters. The van der Waals surface area contributed by atoms with Crippen molar-refractivity contribution >= 4 is 17.5 Å². The lowest BCUT2D eigenvalue weighted by molar-refractivity contribution is -0.121. The van der Waals surface area contributed by atoms with Crippen molar-refractivity contribution in [1.82, 2.24) is 5.32 Å². The average molecular weight is 274 g/mol. The minimum absolute atomic E-state index is 0.0263. The second kappa shape index (κ2) is 6.07. The maximum absolute atomic E-state index is 11.9. The summed E-state index contributed by atoms with van der Waals surface area (Å²) < 4.78 is 0. The van der Waals surface area contributed by atoms with Gasteiger partial charge in [-0.3, -0.25) is 9.59 Å². The third-order valence-electron chi connectivity index (χ3n) is 3.59. The van der Waals surface area contributed by atoms with Gasteiger partial charge in [0.1, 0.15) is 0 Å². The molecule has 0 atom stereocenters. The van der Waals surface area contributed by atoms with Crippen molar-refractivity contribution < 1.29 is 9.59 Å². The number of hydrogen-bond acceptors (Lipinski definition) is 2. The summed E-state index contributed by atoms with van der Waals surface area (Å²) in [5.74, 6) is 0.00612. The van der Waals surface area contributed by atoms with Crippen LogP contribution in [0.15, 0.2) is 18.2 Å². The number of para-hydroxylation sites is 1. The van der Waals surface area contributed by atoms with Crippen LogP contribution in [0.5, 0.6) is 0 Å². The number of nitrogens with one attached hydrogen (secondary N) is 1. The highest BCUT2D eigenvalue weighted by Gasteiger charge is 2.24. The number of rotatable bonds is 5. The Balaban J connectivity index is 2.06. The van der Waals surface area contributed by atoms with E-state index in [-0.39, 0.29) is 11.8 Å². The van der Waals surface area contributed by atoms with Gasteiger partial charge in [-0.25, -0.2) is 0 Å². The Kier molecular flexibility index (Phi) is 4.42. The first-order chi connectivity index (χ1) is 9.49. The van der Waals surface area contributed by atoms with E-state index in [2.05, 4.69) is 5.32 Å². The summed E-state index contributed by atoms with van der Waals surface area (Å²) in [5.41, 5.74) is 3.05. The molecule has 1 aromatic carbocycles. The van der Waals surface area contributed by atoms with E-state index in [9.17, 15) is 9.59 Å². The summed E-state index contributed by atoms with van der Waals surface area (Å²) in [4.78, 5) is 25.4. The van der Waals surface area contributed by atoms with Gasteiger partial charge in [-0.1, -0.05) is 18.2 Å². The molecule has 1 aliphatic rings. The van der Waals surface area contributed by atoms with E-state index in [1.54, 1.807) is 11.8 Å². The Morgan fingerprint density at radius 1 is 1.25 bits per heavy atom. The van der Waals surface area contributed by atoms with Gasteiger partial charge >= 0.3 is 0 Å². The molecule has 0 bridgehead atoms. The van der Waals surface area contributed by atoms with Crippen molar-refractivity contribution in [1.29, 1.82) is 0 Å². The number of carbonyl (C=O) groups is 2. The molecular formula is C16H22N2O2. The van der Waals surface area contributed by atoms with E-state index in [1.807, 2.05) is 32.0 Å². The number of carbonyl (C=O) groups excluding carboxylic acids is 2. The van der Waals surface area contributed by atoms with E-state index >= 15 is 0 Å². The lowest BCUT2D eigenvalue weighted by Crippen LogP contribution is -2.35. The molecule has 1 aromatic rings. The van der Waals surface area contributed by atoms with Crippen LogP contribution in [0.1, 0.15) is 37.3 Å². The highest BCUT2D eigenvalue weighted by molar-refractivity contribution is 5.94. The van der Waals surface area contributed by atoms with Crippen LogP contribution in [0.25, 0.3) is 0 Å². The summed E-state index contributed by atoms with van der Waals surface area (Å²) in [7, 11) is 0. The fourth-order valence-corrected chi connectivity index (χ4v) is 2.40. The molecule has 0 heterocycles. The molecule has 1 fully saturated rings. The minimum Gasteiger partial charge on any atom is -0.353 e. The van der Waals surface area contributed by atoms with Gasteiger partial charge in [-0.05, 0) is 37.8 Å². The van der Waals surface area contributed by atoms with Crippen LogP contribution in [-0.2, 0) is 9.59 Å². The van der Waals surface area contributed by atoms with Crippen molar-refractivity contribution in [3.05, 3.63) is 29.3 Å². The van der Waals surface area contributed by atoms with Gasteiger partial charge < -0.3 is 10.2 Å². The number of nitrogens with zero attached hydrogens (tertiary/aromatic N) is 1. The van der Waals surface area contributed by atoms with Crippen LogP contribution in [0.2, 0.25) is 0 Å². The number of benzene rings is 1. The van der Waals surface area contributed by atoms with Crippen molar-refractivity contribution in [2.45, 2.75) is 46.1 Å². The first kappa shape index (κ1) is 14.6. The Labute approximate surface area is 120 Å². The molecule has 1 N–H and O–H groups in total. The van der Waals surface area contributed by atoms with Gasteiger partial charge in [0, 0.05) is 31.6 Å². The summed E-state index contributed by atoms with van der Waals surface area (Å²) in [6.45, 7) is 5.95. The quantitative estimate of drug-likeness (QED) is 0.896. The van der Waals surface area contributed by atoms with Crippen LogP contribution in [0.4, 0.5) is 5.69 Å². The predicted octanol–water partition coefficient (Wildman–Crippen LogP) is 2.33. The fraction of sp³-hybridized carbons (Fsp3) is 0.500. The van der Waals surface area contributed by atoms with E-state index in [0.717, 1.165) is 29.7 Å². The van der Waals surface area contributed by atoms with Gasteiger partial charge in [0.2, 0.25) is 11.8 Å². The maximum atomic E-state index is 11.9. The number of hydrogen-bond donors (Lipinski definition) is 1. The zero-order chi connectivity index (χ0) is 14.7. The molecule has 1 aliphatic carbocycles. The third-order valence-corrected chi connectivity index (χ3v) is 3.59. The lowest BCUT2D eigenvalue weighted by atomic mass is 10.1. The molecular weight excluding hydrogens is 252 g/mol. The fourth-order valence-electron chi connectivity index (χ4n) is 2.40. The SMILES string of the molecule is CC(=O)N(CCC(=O)NC1CC1)c1c(C)cccc1C. The van der Waals surface area contributed by atoms with Crippen molar-refractivity contribution in [3.8, 4) is 0 Å². The molecule has 0 aromatic heterocycles.